The summed E-state index contributed by atoms with van der Waals surface area (Å²) in [6, 6.07) is 11.7. The second kappa shape index (κ2) is 5.33. The summed E-state index contributed by atoms with van der Waals surface area (Å²) in [6.07, 6.45) is 0. The Morgan fingerprint density at radius 3 is 2.41 bits per heavy atom. The van der Waals surface area contributed by atoms with Crippen molar-refractivity contribution in [3.63, 3.8) is 0 Å². The number of carbonyl (C=O) groups excluding carboxylic acids is 1. The van der Waals surface area contributed by atoms with Gasteiger partial charge in [0, 0.05) is 18.2 Å². The number of aromatic amines is 1. The molecule has 0 fully saturated rings. The van der Waals surface area contributed by atoms with Gasteiger partial charge >= 0.3 is 5.97 Å². The molecule has 6 heteroatoms. The second-order valence-electron chi connectivity index (χ2n) is 4.78. The Kier molecular flexibility index (Phi) is 3.34. The fourth-order valence-corrected chi connectivity index (χ4v) is 2.20. The van der Waals surface area contributed by atoms with Crippen LogP contribution < -0.4 is 5.32 Å². The van der Waals surface area contributed by atoms with Gasteiger partial charge in [-0.05, 0) is 30.3 Å². The predicted octanol–water partition coefficient (Wildman–Crippen LogP) is 2.29. The Hall–Kier alpha value is -3.15. The van der Waals surface area contributed by atoms with Gasteiger partial charge in [0.1, 0.15) is 5.82 Å². The van der Waals surface area contributed by atoms with E-state index in [4.69, 9.17) is 5.11 Å². The first-order valence-electron chi connectivity index (χ1n) is 6.64. The van der Waals surface area contributed by atoms with Crippen molar-refractivity contribution in [1.82, 2.24) is 15.3 Å². The van der Waals surface area contributed by atoms with E-state index >= 15 is 0 Å². The molecule has 0 radical (unpaired) electrons. The van der Waals surface area contributed by atoms with Crippen molar-refractivity contribution in [2.75, 3.05) is 7.05 Å². The number of H-pyrrole nitrogens is 1. The average Bonchev–Trinajstić information content (AvgIpc) is 2.97. The molecule has 2 aromatic carbocycles. The van der Waals surface area contributed by atoms with Crippen LogP contribution >= 0.6 is 0 Å². The van der Waals surface area contributed by atoms with Crippen LogP contribution in [0.2, 0.25) is 0 Å². The Bertz CT molecular complexity index is 866. The molecule has 0 aliphatic carbocycles. The molecule has 0 aliphatic heterocycles. The standard InChI is InChI=1S/C16H13N3O3/c1-17-15(20)10-4-2-9(3-5-10)14-18-12-7-6-11(16(21)22)8-13(12)19-14/h2-8H,1H3,(H,17,20)(H,18,19)(H,21,22). The molecule has 0 saturated carbocycles. The minimum atomic E-state index is -0.979. The fraction of sp³-hybridized carbons (Fsp3) is 0.0625. The zero-order chi connectivity index (χ0) is 15.7. The molecule has 1 amide bonds. The number of carboxylic acid groups (broad SMARTS) is 1. The van der Waals surface area contributed by atoms with Crippen LogP contribution in [-0.2, 0) is 0 Å². The predicted molar refractivity (Wildman–Crippen MR) is 81.9 cm³/mol. The summed E-state index contributed by atoms with van der Waals surface area (Å²) in [4.78, 5) is 30.0. The van der Waals surface area contributed by atoms with Crippen LogP contribution in [0.3, 0.4) is 0 Å². The van der Waals surface area contributed by atoms with E-state index in [1.165, 1.54) is 6.07 Å². The summed E-state index contributed by atoms with van der Waals surface area (Å²) in [5, 5.41) is 11.6. The van der Waals surface area contributed by atoms with E-state index in [2.05, 4.69) is 15.3 Å². The number of aromatic nitrogens is 2. The molecular weight excluding hydrogens is 282 g/mol. The first kappa shape index (κ1) is 13.8. The van der Waals surface area contributed by atoms with Gasteiger partial charge in [0.2, 0.25) is 0 Å². The molecule has 3 aromatic rings. The van der Waals surface area contributed by atoms with Crippen molar-refractivity contribution >= 4 is 22.9 Å². The lowest BCUT2D eigenvalue weighted by molar-refractivity contribution is 0.0696. The molecule has 0 unspecified atom stereocenters. The van der Waals surface area contributed by atoms with E-state index in [0.29, 0.717) is 22.4 Å². The van der Waals surface area contributed by atoms with Crippen molar-refractivity contribution < 1.29 is 14.7 Å². The first-order chi connectivity index (χ1) is 10.6. The minimum Gasteiger partial charge on any atom is -0.478 e. The molecule has 3 rings (SSSR count). The zero-order valence-corrected chi connectivity index (χ0v) is 11.8. The fourth-order valence-electron chi connectivity index (χ4n) is 2.20. The summed E-state index contributed by atoms with van der Waals surface area (Å²) in [5.74, 6) is -0.503. The first-order valence-corrected chi connectivity index (χ1v) is 6.64. The highest BCUT2D eigenvalue weighted by Crippen LogP contribution is 2.21. The molecule has 0 bridgehead atoms. The van der Waals surface area contributed by atoms with E-state index in [0.717, 1.165) is 5.56 Å². The number of fused-ring (bicyclic) bond motifs is 1. The van der Waals surface area contributed by atoms with E-state index < -0.39 is 5.97 Å². The van der Waals surface area contributed by atoms with E-state index in [-0.39, 0.29) is 11.5 Å². The van der Waals surface area contributed by atoms with Gasteiger partial charge in [-0.25, -0.2) is 9.78 Å². The number of carbonyl (C=O) groups is 2. The highest BCUT2D eigenvalue weighted by molar-refractivity contribution is 5.95. The summed E-state index contributed by atoms with van der Waals surface area (Å²) in [6.45, 7) is 0. The third kappa shape index (κ3) is 2.42. The molecule has 1 heterocycles. The normalized spacial score (nSPS) is 10.6. The van der Waals surface area contributed by atoms with Crippen LogP contribution in [0.15, 0.2) is 42.5 Å². The Balaban J connectivity index is 1.99. The molecule has 0 spiro atoms. The van der Waals surface area contributed by atoms with Gasteiger partial charge in [-0.1, -0.05) is 12.1 Å². The van der Waals surface area contributed by atoms with Gasteiger partial charge in [0.05, 0.1) is 16.6 Å². The summed E-state index contributed by atoms with van der Waals surface area (Å²) in [5.41, 5.74) is 2.94. The maximum atomic E-state index is 11.5. The minimum absolute atomic E-state index is 0.151. The maximum absolute atomic E-state index is 11.5. The molecule has 0 aliphatic rings. The number of amides is 1. The molecule has 22 heavy (non-hydrogen) atoms. The third-order valence-electron chi connectivity index (χ3n) is 3.38. The Morgan fingerprint density at radius 1 is 1.09 bits per heavy atom. The number of nitrogens with zero attached hydrogens (tertiary/aromatic N) is 1. The number of hydrogen-bond acceptors (Lipinski definition) is 3. The lowest BCUT2D eigenvalue weighted by atomic mass is 10.1. The summed E-state index contributed by atoms with van der Waals surface area (Å²) >= 11 is 0. The lowest BCUT2D eigenvalue weighted by Gasteiger charge is -2.00. The molecule has 3 N–H and O–H groups in total. The zero-order valence-electron chi connectivity index (χ0n) is 11.8. The lowest BCUT2D eigenvalue weighted by Crippen LogP contribution is -2.17. The highest BCUT2D eigenvalue weighted by atomic mass is 16.4. The number of nitrogens with one attached hydrogen (secondary N) is 2. The van der Waals surface area contributed by atoms with E-state index in [1.54, 1.807) is 43.4 Å². The number of rotatable bonds is 3. The van der Waals surface area contributed by atoms with E-state index in [9.17, 15) is 9.59 Å². The van der Waals surface area contributed by atoms with Crippen molar-refractivity contribution in [3.05, 3.63) is 53.6 Å². The molecule has 6 nitrogen and oxygen atoms in total. The smallest absolute Gasteiger partial charge is 0.335 e. The quantitative estimate of drug-likeness (QED) is 0.691. The van der Waals surface area contributed by atoms with Gasteiger partial charge in [-0.3, -0.25) is 4.79 Å². The summed E-state index contributed by atoms with van der Waals surface area (Å²) < 4.78 is 0. The van der Waals surface area contributed by atoms with Gasteiger partial charge in [0.15, 0.2) is 0 Å². The average molecular weight is 295 g/mol. The molecule has 0 saturated heterocycles. The molecule has 1 aromatic heterocycles. The second-order valence-corrected chi connectivity index (χ2v) is 4.78. The van der Waals surface area contributed by atoms with Gasteiger partial charge in [0.25, 0.3) is 5.91 Å². The van der Waals surface area contributed by atoms with Crippen LogP contribution in [0, 0.1) is 0 Å². The molecular formula is C16H13N3O3. The van der Waals surface area contributed by atoms with Gasteiger partial charge in [-0.2, -0.15) is 0 Å². The Morgan fingerprint density at radius 2 is 1.77 bits per heavy atom. The third-order valence-corrected chi connectivity index (χ3v) is 3.38. The van der Waals surface area contributed by atoms with Gasteiger partial charge in [-0.15, -0.1) is 0 Å². The maximum Gasteiger partial charge on any atom is 0.335 e. The van der Waals surface area contributed by atoms with E-state index in [1.807, 2.05) is 0 Å². The molecule has 110 valence electrons. The van der Waals surface area contributed by atoms with Crippen LogP contribution in [0.25, 0.3) is 22.4 Å². The van der Waals surface area contributed by atoms with Gasteiger partial charge < -0.3 is 15.4 Å². The van der Waals surface area contributed by atoms with Crippen LogP contribution in [-0.4, -0.2) is 34.0 Å². The van der Waals surface area contributed by atoms with Crippen LogP contribution in [0.4, 0.5) is 0 Å². The number of carboxylic acids is 1. The van der Waals surface area contributed by atoms with Crippen molar-refractivity contribution in [1.29, 1.82) is 0 Å². The number of imidazole rings is 1. The number of hydrogen-bond donors (Lipinski definition) is 3. The van der Waals surface area contributed by atoms with Crippen LogP contribution in [0.1, 0.15) is 20.7 Å². The van der Waals surface area contributed by atoms with Crippen LogP contribution in [0.5, 0.6) is 0 Å². The van der Waals surface area contributed by atoms with Crippen molar-refractivity contribution in [3.8, 4) is 11.4 Å². The largest absolute Gasteiger partial charge is 0.478 e. The number of benzene rings is 2. The highest BCUT2D eigenvalue weighted by Gasteiger charge is 2.09. The summed E-state index contributed by atoms with van der Waals surface area (Å²) in [7, 11) is 1.58. The monoisotopic (exact) mass is 295 g/mol. The Labute approximate surface area is 125 Å². The molecule has 0 atom stereocenters. The van der Waals surface area contributed by atoms with Crippen molar-refractivity contribution in [2.45, 2.75) is 0 Å². The number of aromatic carboxylic acids is 1. The topological polar surface area (TPSA) is 95.1 Å². The SMILES string of the molecule is CNC(=O)c1ccc(-c2nc3ccc(C(=O)O)cc3[nH]2)cc1. The van der Waals surface area contributed by atoms with Crippen molar-refractivity contribution in [2.24, 2.45) is 0 Å².